The van der Waals surface area contributed by atoms with Crippen LogP contribution in [-0.4, -0.2) is 44.2 Å². The van der Waals surface area contributed by atoms with Crippen LogP contribution in [0.1, 0.15) is 0 Å². The summed E-state index contributed by atoms with van der Waals surface area (Å²) in [6.07, 6.45) is 0. The van der Waals surface area contributed by atoms with Crippen molar-refractivity contribution in [2.45, 2.75) is 6.04 Å². The molecule has 1 heterocycles. The van der Waals surface area contributed by atoms with Gasteiger partial charge in [0.2, 0.25) is 0 Å². The number of fused-ring (bicyclic) bond motifs is 1. The van der Waals surface area contributed by atoms with Crippen molar-refractivity contribution in [3.63, 3.8) is 0 Å². The Labute approximate surface area is 126 Å². The largest absolute Gasteiger partial charge is 0.492 e. The van der Waals surface area contributed by atoms with Crippen LogP contribution in [0.25, 0.3) is 10.8 Å². The summed E-state index contributed by atoms with van der Waals surface area (Å²) in [5.41, 5.74) is 0. The van der Waals surface area contributed by atoms with Crippen molar-refractivity contribution in [2.75, 3.05) is 33.3 Å². The van der Waals surface area contributed by atoms with Crippen LogP contribution < -0.4 is 10.1 Å². The molecule has 1 aliphatic heterocycles. The van der Waals surface area contributed by atoms with Gasteiger partial charge in [-0.3, -0.25) is 4.90 Å². The Morgan fingerprint density at radius 2 is 1.90 bits per heavy atom. The number of benzene rings is 2. The molecule has 0 radical (unpaired) electrons. The molecule has 0 aromatic heterocycles. The SMILES string of the molecule is CN(CCOc1ccc2ccccc2c1)C1CNC1.Cl. The highest BCUT2D eigenvalue weighted by Crippen LogP contribution is 2.20. The van der Waals surface area contributed by atoms with Gasteiger partial charge in [-0.2, -0.15) is 0 Å². The number of likely N-dealkylation sites (N-methyl/N-ethyl adjacent to an activating group) is 1. The number of ether oxygens (including phenoxy) is 1. The Morgan fingerprint density at radius 3 is 2.60 bits per heavy atom. The van der Waals surface area contributed by atoms with E-state index in [4.69, 9.17) is 4.74 Å². The number of hydrogen-bond donors (Lipinski definition) is 1. The summed E-state index contributed by atoms with van der Waals surface area (Å²) in [4.78, 5) is 2.36. The third-order valence-corrected chi connectivity index (χ3v) is 3.82. The Balaban J connectivity index is 0.00000147. The highest BCUT2D eigenvalue weighted by atomic mass is 35.5. The smallest absolute Gasteiger partial charge is 0.120 e. The second-order valence-corrected chi connectivity index (χ2v) is 5.15. The van der Waals surface area contributed by atoms with Crippen molar-refractivity contribution >= 4 is 23.2 Å². The lowest BCUT2D eigenvalue weighted by Crippen LogP contribution is -2.56. The molecule has 4 heteroatoms. The van der Waals surface area contributed by atoms with Crippen molar-refractivity contribution < 1.29 is 4.74 Å². The minimum Gasteiger partial charge on any atom is -0.492 e. The fraction of sp³-hybridized carbons (Fsp3) is 0.375. The molecular weight excluding hydrogens is 272 g/mol. The van der Waals surface area contributed by atoms with E-state index in [2.05, 4.69) is 53.7 Å². The summed E-state index contributed by atoms with van der Waals surface area (Å²) in [5, 5.41) is 5.78. The van der Waals surface area contributed by atoms with Gasteiger partial charge in [0.1, 0.15) is 12.4 Å². The van der Waals surface area contributed by atoms with Crippen LogP contribution in [0.15, 0.2) is 42.5 Å². The summed E-state index contributed by atoms with van der Waals surface area (Å²) in [6.45, 7) is 3.92. The van der Waals surface area contributed by atoms with E-state index >= 15 is 0 Å². The molecule has 2 aromatic rings. The van der Waals surface area contributed by atoms with Gasteiger partial charge >= 0.3 is 0 Å². The quantitative estimate of drug-likeness (QED) is 0.917. The van der Waals surface area contributed by atoms with Crippen LogP contribution >= 0.6 is 12.4 Å². The molecule has 0 atom stereocenters. The average Bonchev–Trinajstić information content (AvgIpc) is 2.36. The molecule has 0 amide bonds. The number of halogens is 1. The van der Waals surface area contributed by atoms with E-state index in [1.165, 1.54) is 10.8 Å². The number of nitrogens with zero attached hydrogens (tertiary/aromatic N) is 1. The molecule has 20 heavy (non-hydrogen) atoms. The Morgan fingerprint density at radius 1 is 1.15 bits per heavy atom. The molecule has 0 unspecified atom stereocenters. The zero-order valence-electron chi connectivity index (χ0n) is 11.7. The molecule has 1 aliphatic rings. The van der Waals surface area contributed by atoms with Crippen molar-refractivity contribution in [1.82, 2.24) is 10.2 Å². The van der Waals surface area contributed by atoms with Crippen LogP contribution in [-0.2, 0) is 0 Å². The van der Waals surface area contributed by atoms with Gasteiger partial charge in [0, 0.05) is 25.7 Å². The molecule has 108 valence electrons. The molecule has 1 saturated heterocycles. The first-order valence-electron chi connectivity index (χ1n) is 6.85. The summed E-state index contributed by atoms with van der Waals surface area (Å²) in [6, 6.07) is 15.3. The zero-order valence-corrected chi connectivity index (χ0v) is 12.5. The third kappa shape index (κ3) is 3.42. The van der Waals surface area contributed by atoms with Gasteiger partial charge < -0.3 is 10.1 Å². The molecule has 0 spiro atoms. The van der Waals surface area contributed by atoms with Gasteiger partial charge in [-0.1, -0.05) is 30.3 Å². The lowest BCUT2D eigenvalue weighted by molar-refractivity contribution is 0.151. The van der Waals surface area contributed by atoms with Crippen LogP contribution in [0.3, 0.4) is 0 Å². The van der Waals surface area contributed by atoms with Crippen molar-refractivity contribution in [2.24, 2.45) is 0 Å². The molecular formula is C16H21ClN2O. The fourth-order valence-electron chi connectivity index (χ4n) is 2.33. The molecule has 3 rings (SSSR count). The van der Waals surface area contributed by atoms with Crippen molar-refractivity contribution in [3.8, 4) is 5.75 Å². The fourth-order valence-corrected chi connectivity index (χ4v) is 2.33. The average molecular weight is 293 g/mol. The van der Waals surface area contributed by atoms with Crippen molar-refractivity contribution in [1.29, 1.82) is 0 Å². The molecule has 0 aliphatic carbocycles. The molecule has 1 fully saturated rings. The summed E-state index contributed by atoms with van der Waals surface area (Å²) < 4.78 is 5.84. The second-order valence-electron chi connectivity index (χ2n) is 5.15. The third-order valence-electron chi connectivity index (χ3n) is 3.82. The standard InChI is InChI=1S/C16H20N2O.ClH/c1-18(15-11-17-12-15)8-9-19-16-7-6-13-4-2-3-5-14(13)10-16;/h2-7,10,15,17H,8-9,11-12H2,1H3;1H. The second kappa shape index (κ2) is 6.93. The highest BCUT2D eigenvalue weighted by Gasteiger charge is 2.20. The maximum absolute atomic E-state index is 5.84. The first-order chi connectivity index (χ1) is 9.33. The monoisotopic (exact) mass is 292 g/mol. The van der Waals surface area contributed by atoms with Gasteiger partial charge in [0.15, 0.2) is 0 Å². The van der Waals surface area contributed by atoms with Crippen molar-refractivity contribution in [3.05, 3.63) is 42.5 Å². The minimum atomic E-state index is 0. The Hall–Kier alpha value is -1.29. The van der Waals surface area contributed by atoms with Crippen LogP contribution in [0.4, 0.5) is 0 Å². The molecule has 1 N–H and O–H groups in total. The topological polar surface area (TPSA) is 24.5 Å². The predicted octanol–water partition coefficient (Wildman–Crippen LogP) is 2.54. The number of nitrogens with one attached hydrogen (secondary N) is 1. The van der Waals surface area contributed by atoms with Gasteiger partial charge in [0.05, 0.1) is 0 Å². The van der Waals surface area contributed by atoms with Crippen LogP contribution in [0, 0.1) is 0 Å². The highest BCUT2D eigenvalue weighted by molar-refractivity contribution is 5.85. The molecule has 3 nitrogen and oxygen atoms in total. The number of hydrogen-bond acceptors (Lipinski definition) is 3. The van der Waals surface area contributed by atoms with E-state index in [0.29, 0.717) is 6.04 Å². The van der Waals surface area contributed by atoms with Gasteiger partial charge in [-0.15, -0.1) is 12.4 Å². The molecule has 0 bridgehead atoms. The number of rotatable bonds is 5. The zero-order chi connectivity index (χ0) is 13.1. The van der Waals surface area contributed by atoms with Gasteiger partial charge in [0.25, 0.3) is 0 Å². The lowest BCUT2D eigenvalue weighted by Gasteiger charge is -2.35. The van der Waals surface area contributed by atoms with E-state index in [1.54, 1.807) is 0 Å². The van der Waals surface area contributed by atoms with E-state index in [-0.39, 0.29) is 12.4 Å². The molecule has 2 aromatic carbocycles. The lowest BCUT2D eigenvalue weighted by atomic mass is 10.1. The summed E-state index contributed by atoms with van der Waals surface area (Å²) in [7, 11) is 2.16. The normalized spacial score (nSPS) is 14.9. The van der Waals surface area contributed by atoms with Crippen LogP contribution in [0.2, 0.25) is 0 Å². The first-order valence-corrected chi connectivity index (χ1v) is 6.85. The van der Waals surface area contributed by atoms with E-state index in [0.717, 1.165) is 32.0 Å². The predicted molar refractivity (Wildman–Crippen MR) is 86.0 cm³/mol. The Kier molecular flexibility index (Phi) is 5.24. The summed E-state index contributed by atoms with van der Waals surface area (Å²) >= 11 is 0. The minimum absolute atomic E-state index is 0. The van der Waals surface area contributed by atoms with E-state index < -0.39 is 0 Å². The summed E-state index contributed by atoms with van der Waals surface area (Å²) in [5.74, 6) is 0.957. The van der Waals surface area contributed by atoms with E-state index in [9.17, 15) is 0 Å². The van der Waals surface area contributed by atoms with Gasteiger partial charge in [-0.05, 0) is 30.0 Å². The maximum atomic E-state index is 5.84. The first kappa shape index (κ1) is 15.1. The van der Waals surface area contributed by atoms with E-state index in [1.807, 2.05) is 6.07 Å². The van der Waals surface area contributed by atoms with Crippen LogP contribution in [0.5, 0.6) is 5.75 Å². The maximum Gasteiger partial charge on any atom is 0.120 e. The molecule has 0 saturated carbocycles. The Bertz CT molecular complexity index is 557. The van der Waals surface area contributed by atoms with Gasteiger partial charge in [-0.25, -0.2) is 0 Å².